The van der Waals surface area contributed by atoms with E-state index in [2.05, 4.69) is 20.6 Å². The first-order chi connectivity index (χ1) is 10.8. The second kappa shape index (κ2) is 8.74. The normalized spacial score (nSPS) is 10.2. The zero-order chi connectivity index (χ0) is 15.6. The SMILES string of the molecule is COCCNc1nccc(C(=O)NCCc2ccccc2)n1. The van der Waals surface area contributed by atoms with Crippen LogP contribution in [0.2, 0.25) is 0 Å². The van der Waals surface area contributed by atoms with Crippen LogP contribution in [0.3, 0.4) is 0 Å². The molecule has 1 heterocycles. The maximum absolute atomic E-state index is 12.1. The van der Waals surface area contributed by atoms with Crippen molar-refractivity contribution in [3.05, 3.63) is 53.9 Å². The first-order valence-electron chi connectivity index (χ1n) is 7.17. The highest BCUT2D eigenvalue weighted by Crippen LogP contribution is 2.01. The van der Waals surface area contributed by atoms with Crippen molar-refractivity contribution in [3.8, 4) is 0 Å². The molecule has 2 N–H and O–H groups in total. The van der Waals surface area contributed by atoms with E-state index in [1.807, 2.05) is 30.3 Å². The number of nitrogens with zero attached hydrogens (tertiary/aromatic N) is 2. The number of aromatic nitrogens is 2. The van der Waals surface area contributed by atoms with Crippen molar-refractivity contribution in [2.24, 2.45) is 0 Å². The van der Waals surface area contributed by atoms with Gasteiger partial charge < -0.3 is 15.4 Å². The van der Waals surface area contributed by atoms with Crippen molar-refractivity contribution >= 4 is 11.9 Å². The van der Waals surface area contributed by atoms with Crippen molar-refractivity contribution in [2.75, 3.05) is 32.1 Å². The van der Waals surface area contributed by atoms with Gasteiger partial charge in [-0.05, 0) is 18.1 Å². The molecule has 1 aromatic heterocycles. The minimum atomic E-state index is -0.201. The number of rotatable bonds is 8. The number of ether oxygens (including phenoxy) is 1. The van der Waals surface area contributed by atoms with Gasteiger partial charge in [-0.25, -0.2) is 9.97 Å². The van der Waals surface area contributed by atoms with Crippen LogP contribution in [-0.4, -0.2) is 42.7 Å². The molecule has 0 saturated carbocycles. The molecule has 0 bridgehead atoms. The molecule has 0 saturated heterocycles. The van der Waals surface area contributed by atoms with E-state index in [0.29, 0.717) is 31.3 Å². The third-order valence-corrected chi connectivity index (χ3v) is 3.02. The van der Waals surface area contributed by atoms with Crippen LogP contribution in [-0.2, 0) is 11.2 Å². The summed E-state index contributed by atoms with van der Waals surface area (Å²) in [6.45, 7) is 1.71. The topological polar surface area (TPSA) is 76.1 Å². The van der Waals surface area contributed by atoms with Gasteiger partial charge in [0, 0.05) is 26.4 Å². The van der Waals surface area contributed by atoms with E-state index < -0.39 is 0 Å². The predicted octanol–water partition coefficient (Wildman–Crippen LogP) is 1.51. The minimum absolute atomic E-state index is 0.201. The van der Waals surface area contributed by atoms with Gasteiger partial charge in [0.2, 0.25) is 5.95 Å². The van der Waals surface area contributed by atoms with Crippen LogP contribution in [0.1, 0.15) is 16.1 Å². The number of methoxy groups -OCH3 is 1. The smallest absolute Gasteiger partial charge is 0.270 e. The van der Waals surface area contributed by atoms with E-state index in [1.54, 1.807) is 19.4 Å². The average Bonchev–Trinajstić information content (AvgIpc) is 2.56. The van der Waals surface area contributed by atoms with Crippen molar-refractivity contribution in [2.45, 2.75) is 6.42 Å². The molecule has 2 rings (SSSR count). The Hall–Kier alpha value is -2.47. The fourth-order valence-corrected chi connectivity index (χ4v) is 1.89. The molecule has 6 heteroatoms. The number of carbonyl (C=O) groups excluding carboxylic acids is 1. The van der Waals surface area contributed by atoms with Crippen molar-refractivity contribution in [1.82, 2.24) is 15.3 Å². The summed E-state index contributed by atoms with van der Waals surface area (Å²) in [5.41, 5.74) is 1.54. The maximum atomic E-state index is 12.1. The Labute approximate surface area is 129 Å². The summed E-state index contributed by atoms with van der Waals surface area (Å²) in [4.78, 5) is 20.3. The van der Waals surface area contributed by atoms with Gasteiger partial charge in [-0.15, -0.1) is 0 Å². The van der Waals surface area contributed by atoms with Gasteiger partial charge in [0.25, 0.3) is 5.91 Å². The summed E-state index contributed by atoms with van der Waals surface area (Å²) in [7, 11) is 1.62. The highest BCUT2D eigenvalue weighted by molar-refractivity contribution is 5.92. The Morgan fingerprint density at radius 2 is 2.00 bits per heavy atom. The minimum Gasteiger partial charge on any atom is -0.383 e. The summed E-state index contributed by atoms with van der Waals surface area (Å²) < 4.78 is 4.94. The summed E-state index contributed by atoms with van der Waals surface area (Å²) in [6, 6.07) is 11.6. The molecule has 0 aliphatic carbocycles. The molecule has 116 valence electrons. The van der Waals surface area contributed by atoms with Crippen LogP contribution in [0.4, 0.5) is 5.95 Å². The van der Waals surface area contributed by atoms with Crippen LogP contribution < -0.4 is 10.6 Å². The van der Waals surface area contributed by atoms with Crippen molar-refractivity contribution < 1.29 is 9.53 Å². The number of hydrogen-bond donors (Lipinski definition) is 2. The third kappa shape index (κ3) is 5.14. The van der Waals surface area contributed by atoms with E-state index in [-0.39, 0.29) is 5.91 Å². The van der Waals surface area contributed by atoms with Gasteiger partial charge >= 0.3 is 0 Å². The molecule has 0 radical (unpaired) electrons. The van der Waals surface area contributed by atoms with Crippen LogP contribution in [0, 0.1) is 0 Å². The molecule has 0 atom stereocenters. The molecule has 1 aromatic carbocycles. The first kappa shape index (κ1) is 15.9. The number of nitrogens with one attached hydrogen (secondary N) is 2. The first-order valence-corrected chi connectivity index (χ1v) is 7.17. The Morgan fingerprint density at radius 1 is 1.18 bits per heavy atom. The van der Waals surface area contributed by atoms with Crippen LogP contribution in [0.5, 0.6) is 0 Å². The summed E-state index contributed by atoms with van der Waals surface area (Å²) in [5, 5.41) is 5.86. The lowest BCUT2D eigenvalue weighted by molar-refractivity contribution is 0.0949. The van der Waals surface area contributed by atoms with E-state index in [0.717, 1.165) is 6.42 Å². The third-order valence-electron chi connectivity index (χ3n) is 3.02. The lowest BCUT2D eigenvalue weighted by atomic mass is 10.1. The fraction of sp³-hybridized carbons (Fsp3) is 0.312. The lowest BCUT2D eigenvalue weighted by Crippen LogP contribution is -2.27. The van der Waals surface area contributed by atoms with Crippen LogP contribution in [0.25, 0.3) is 0 Å². The number of amides is 1. The molecule has 22 heavy (non-hydrogen) atoms. The highest BCUT2D eigenvalue weighted by atomic mass is 16.5. The van der Waals surface area contributed by atoms with Gasteiger partial charge in [0.1, 0.15) is 5.69 Å². The Balaban J connectivity index is 1.82. The maximum Gasteiger partial charge on any atom is 0.270 e. The second-order valence-electron chi connectivity index (χ2n) is 4.68. The van der Waals surface area contributed by atoms with Crippen LogP contribution in [0.15, 0.2) is 42.6 Å². The van der Waals surface area contributed by atoms with Gasteiger partial charge in [-0.2, -0.15) is 0 Å². The molecular formula is C16H20N4O2. The van der Waals surface area contributed by atoms with Crippen molar-refractivity contribution in [3.63, 3.8) is 0 Å². The number of carbonyl (C=O) groups is 1. The van der Waals surface area contributed by atoms with Crippen LogP contribution >= 0.6 is 0 Å². The zero-order valence-corrected chi connectivity index (χ0v) is 12.6. The standard InChI is InChI=1S/C16H20N4O2/c1-22-12-11-19-16-18-10-8-14(20-16)15(21)17-9-7-13-5-3-2-4-6-13/h2-6,8,10H,7,9,11-12H2,1H3,(H,17,21)(H,18,19,20). The fourth-order valence-electron chi connectivity index (χ4n) is 1.89. The van der Waals surface area contributed by atoms with Gasteiger partial charge in [0.05, 0.1) is 6.61 Å². The summed E-state index contributed by atoms with van der Waals surface area (Å²) in [6.07, 6.45) is 2.35. The van der Waals surface area contributed by atoms with Gasteiger partial charge in [-0.3, -0.25) is 4.79 Å². The van der Waals surface area contributed by atoms with Crippen molar-refractivity contribution in [1.29, 1.82) is 0 Å². The van der Waals surface area contributed by atoms with E-state index in [4.69, 9.17) is 4.74 Å². The molecule has 2 aromatic rings. The lowest BCUT2D eigenvalue weighted by Gasteiger charge is -2.07. The Morgan fingerprint density at radius 3 is 2.77 bits per heavy atom. The molecule has 1 amide bonds. The largest absolute Gasteiger partial charge is 0.383 e. The molecule has 6 nitrogen and oxygen atoms in total. The van der Waals surface area contributed by atoms with E-state index in [1.165, 1.54) is 5.56 Å². The van der Waals surface area contributed by atoms with E-state index in [9.17, 15) is 4.79 Å². The molecule has 0 fully saturated rings. The zero-order valence-electron chi connectivity index (χ0n) is 12.6. The predicted molar refractivity (Wildman–Crippen MR) is 84.9 cm³/mol. The Bertz CT molecular complexity index is 590. The molecule has 0 aliphatic heterocycles. The molecule has 0 spiro atoms. The molecular weight excluding hydrogens is 280 g/mol. The second-order valence-corrected chi connectivity index (χ2v) is 4.68. The monoisotopic (exact) mass is 300 g/mol. The summed E-state index contributed by atoms with van der Waals surface area (Å²) >= 11 is 0. The molecule has 0 aliphatic rings. The summed E-state index contributed by atoms with van der Waals surface area (Å²) in [5.74, 6) is 0.223. The highest BCUT2D eigenvalue weighted by Gasteiger charge is 2.08. The number of hydrogen-bond acceptors (Lipinski definition) is 5. The quantitative estimate of drug-likeness (QED) is 0.723. The number of anilines is 1. The number of benzene rings is 1. The van der Waals surface area contributed by atoms with E-state index >= 15 is 0 Å². The Kier molecular flexibility index (Phi) is 6.32. The average molecular weight is 300 g/mol. The van der Waals surface area contributed by atoms with Gasteiger partial charge in [0.15, 0.2) is 0 Å². The molecule has 0 unspecified atom stereocenters. The van der Waals surface area contributed by atoms with Gasteiger partial charge in [-0.1, -0.05) is 30.3 Å².